The number of carbonyl (C=O) groups is 2. The predicted molar refractivity (Wildman–Crippen MR) is 130 cm³/mol. The summed E-state index contributed by atoms with van der Waals surface area (Å²) in [6.07, 6.45) is 0.466. The fourth-order valence-corrected chi connectivity index (χ4v) is 4.93. The number of rotatable bonds is 8. The van der Waals surface area contributed by atoms with E-state index in [0.717, 1.165) is 12.0 Å². The Labute approximate surface area is 200 Å². The van der Waals surface area contributed by atoms with E-state index in [9.17, 15) is 23.1 Å². The summed E-state index contributed by atoms with van der Waals surface area (Å²) in [5, 5.41) is 9.76. The quantitative estimate of drug-likeness (QED) is 0.581. The van der Waals surface area contributed by atoms with Crippen LogP contribution < -0.4 is 9.62 Å². The van der Waals surface area contributed by atoms with Crippen LogP contribution in [0.5, 0.6) is 0 Å². The van der Waals surface area contributed by atoms with Crippen molar-refractivity contribution in [2.75, 3.05) is 42.4 Å². The maximum atomic E-state index is 12.8. The van der Waals surface area contributed by atoms with Crippen molar-refractivity contribution in [3.8, 4) is 0 Å². The summed E-state index contributed by atoms with van der Waals surface area (Å²) in [5.74, 6) is -0.705. The lowest BCUT2D eigenvalue weighted by Crippen LogP contribution is -2.49. The molecule has 1 fully saturated rings. The summed E-state index contributed by atoms with van der Waals surface area (Å²) in [4.78, 5) is 27.4. The second-order valence-electron chi connectivity index (χ2n) is 8.56. The molecule has 0 radical (unpaired) electrons. The number of hydrogen-bond acceptors (Lipinski definition) is 6. The molecular formula is C24H31N3O6S. The molecular weight excluding hydrogens is 458 g/mol. The topological polar surface area (TPSA) is 116 Å². The van der Waals surface area contributed by atoms with E-state index in [1.54, 1.807) is 48.2 Å². The molecule has 0 atom stereocenters. The minimum Gasteiger partial charge on any atom is -0.478 e. The number of sulfonamides is 1. The average Bonchev–Trinajstić information content (AvgIpc) is 2.79. The summed E-state index contributed by atoms with van der Waals surface area (Å²) < 4.78 is 33.2. The molecule has 0 spiro atoms. The fourth-order valence-electron chi connectivity index (χ4n) is 3.88. The third-order valence-electron chi connectivity index (χ3n) is 5.50. The van der Waals surface area contributed by atoms with Crippen molar-refractivity contribution in [3.05, 3.63) is 53.6 Å². The van der Waals surface area contributed by atoms with Crippen LogP contribution in [0.4, 0.5) is 16.2 Å². The number of benzene rings is 2. The number of carbonyl (C=O) groups excluding carboxylic acids is 1. The molecule has 0 bridgehead atoms. The van der Waals surface area contributed by atoms with Crippen molar-refractivity contribution in [1.29, 1.82) is 0 Å². The Bertz CT molecular complexity index is 1120. The molecule has 2 aromatic rings. The smallest absolute Gasteiger partial charge is 0.409 e. The van der Waals surface area contributed by atoms with Crippen molar-refractivity contribution in [3.63, 3.8) is 0 Å². The molecule has 34 heavy (non-hydrogen) atoms. The van der Waals surface area contributed by atoms with E-state index in [0.29, 0.717) is 44.4 Å². The van der Waals surface area contributed by atoms with Gasteiger partial charge in [0.25, 0.3) is 10.0 Å². The van der Waals surface area contributed by atoms with Gasteiger partial charge in [-0.1, -0.05) is 26.0 Å². The van der Waals surface area contributed by atoms with Gasteiger partial charge in [-0.15, -0.1) is 0 Å². The molecule has 1 heterocycles. The van der Waals surface area contributed by atoms with Gasteiger partial charge in [0.05, 0.1) is 22.8 Å². The molecule has 2 N–H and O–H groups in total. The van der Waals surface area contributed by atoms with Gasteiger partial charge in [-0.3, -0.25) is 4.72 Å². The van der Waals surface area contributed by atoms with E-state index in [4.69, 9.17) is 4.74 Å². The summed E-state index contributed by atoms with van der Waals surface area (Å²) in [6, 6.07) is 11.1. The Morgan fingerprint density at radius 1 is 1.06 bits per heavy atom. The minimum absolute atomic E-state index is 0.0166. The number of nitrogens with one attached hydrogen (secondary N) is 1. The molecule has 0 unspecified atom stereocenters. The Kier molecular flexibility index (Phi) is 8.03. The van der Waals surface area contributed by atoms with Gasteiger partial charge < -0.3 is 19.6 Å². The van der Waals surface area contributed by atoms with Gasteiger partial charge in [0.1, 0.15) is 0 Å². The van der Waals surface area contributed by atoms with E-state index in [-0.39, 0.29) is 22.2 Å². The molecule has 10 heteroatoms. The van der Waals surface area contributed by atoms with E-state index in [2.05, 4.69) is 18.6 Å². The van der Waals surface area contributed by atoms with Gasteiger partial charge >= 0.3 is 12.1 Å². The lowest BCUT2D eigenvalue weighted by molar-refractivity contribution is 0.0696. The van der Waals surface area contributed by atoms with Crippen LogP contribution in [0.3, 0.4) is 0 Å². The maximum absolute atomic E-state index is 12.8. The van der Waals surface area contributed by atoms with Crippen LogP contribution >= 0.6 is 0 Å². The van der Waals surface area contributed by atoms with Crippen molar-refractivity contribution in [1.82, 2.24) is 4.90 Å². The highest BCUT2D eigenvalue weighted by atomic mass is 32.2. The number of hydrogen-bond donors (Lipinski definition) is 2. The Morgan fingerprint density at radius 3 is 2.26 bits per heavy atom. The zero-order chi connectivity index (χ0) is 24.9. The maximum Gasteiger partial charge on any atom is 0.409 e. The van der Waals surface area contributed by atoms with Gasteiger partial charge in [-0.25, -0.2) is 18.0 Å². The molecule has 0 aromatic heterocycles. The van der Waals surface area contributed by atoms with Gasteiger partial charge in [-0.2, -0.15) is 0 Å². The van der Waals surface area contributed by atoms with Crippen LogP contribution in [0.25, 0.3) is 0 Å². The zero-order valence-electron chi connectivity index (χ0n) is 19.7. The number of amides is 1. The lowest BCUT2D eigenvalue weighted by atomic mass is 10.0. The second-order valence-corrected chi connectivity index (χ2v) is 10.2. The minimum atomic E-state index is -3.88. The molecule has 184 valence electrons. The van der Waals surface area contributed by atoms with Crippen LogP contribution in [0.1, 0.15) is 36.7 Å². The number of piperazine rings is 1. The number of ether oxygens (including phenoxy) is 1. The van der Waals surface area contributed by atoms with Crippen LogP contribution in [0, 0.1) is 5.92 Å². The van der Waals surface area contributed by atoms with Gasteiger partial charge in [0.15, 0.2) is 0 Å². The number of carboxylic acids is 1. The summed E-state index contributed by atoms with van der Waals surface area (Å²) in [5.41, 5.74) is 1.67. The van der Waals surface area contributed by atoms with Gasteiger partial charge in [0.2, 0.25) is 0 Å². The highest BCUT2D eigenvalue weighted by Crippen LogP contribution is 2.27. The number of nitrogens with zero attached hydrogens (tertiary/aromatic N) is 2. The molecule has 0 aliphatic carbocycles. The Morgan fingerprint density at radius 2 is 1.71 bits per heavy atom. The van der Waals surface area contributed by atoms with Gasteiger partial charge in [-0.05, 0) is 55.2 Å². The summed E-state index contributed by atoms with van der Waals surface area (Å²) in [7, 11) is -3.88. The van der Waals surface area contributed by atoms with E-state index in [1.807, 2.05) is 4.90 Å². The van der Waals surface area contributed by atoms with Crippen molar-refractivity contribution in [2.45, 2.75) is 32.1 Å². The first kappa shape index (κ1) is 25.4. The highest BCUT2D eigenvalue weighted by molar-refractivity contribution is 7.92. The number of carboxylic acid groups (broad SMARTS) is 1. The summed E-state index contributed by atoms with van der Waals surface area (Å²) in [6.45, 7) is 7.90. The molecule has 9 nitrogen and oxygen atoms in total. The van der Waals surface area contributed by atoms with Crippen molar-refractivity contribution >= 4 is 33.5 Å². The second kappa shape index (κ2) is 10.8. The van der Waals surface area contributed by atoms with E-state index < -0.39 is 16.0 Å². The highest BCUT2D eigenvalue weighted by Gasteiger charge is 2.25. The third kappa shape index (κ3) is 6.19. The first-order valence-corrected chi connectivity index (χ1v) is 12.7. The molecule has 1 aliphatic rings. The van der Waals surface area contributed by atoms with Crippen LogP contribution in [0.2, 0.25) is 0 Å². The molecule has 2 aromatic carbocycles. The standard InChI is InChI=1S/C24H31N3O6S/c1-4-33-24(30)27-13-11-26(12-14-27)22-10-7-19(16-21(22)23(28)29)25-34(31,32)20-8-5-18(6-9-20)15-17(2)3/h5-10,16-17,25H,4,11-15H2,1-3H3,(H,28,29). The molecule has 1 amide bonds. The Balaban J connectivity index is 1.75. The van der Waals surface area contributed by atoms with Gasteiger partial charge in [0, 0.05) is 31.9 Å². The summed E-state index contributed by atoms with van der Waals surface area (Å²) >= 11 is 0. The number of anilines is 2. The molecule has 1 aliphatic heterocycles. The molecule has 3 rings (SSSR count). The zero-order valence-corrected chi connectivity index (χ0v) is 20.5. The van der Waals surface area contributed by atoms with Crippen LogP contribution in [-0.4, -0.2) is 63.3 Å². The molecule has 0 saturated carbocycles. The predicted octanol–water partition coefficient (Wildman–Crippen LogP) is 3.66. The van der Waals surface area contributed by atoms with Crippen molar-refractivity contribution in [2.24, 2.45) is 5.92 Å². The third-order valence-corrected chi connectivity index (χ3v) is 6.90. The largest absolute Gasteiger partial charge is 0.478 e. The fraction of sp³-hybridized carbons (Fsp3) is 0.417. The SMILES string of the molecule is CCOC(=O)N1CCN(c2ccc(NS(=O)(=O)c3ccc(CC(C)C)cc3)cc2C(=O)O)CC1. The van der Waals surface area contributed by atoms with Crippen LogP contribution in [0.15, 0.2) is 47.4 Å². The monoisotopic (exact) mass is 489 g/mol. The number of aromatic carboxylic acids is 1. The van der Waals surface area contributed by atoms with E-state index >= 15 is 0 Å². The van der Waals surface area contributed by atoms with Crippen LogP contribution in [-0.2, 0) is 21.2 Å². The van der Waals surface area contributed by atoms with Crippen molar-refractivity contribution < 1.29 is 27.9 Å². The first-order valence-electron chi connectivity index (χ1n) is 11.3. The molecule has 1 saturated heterocycles. The average molecular weight is 490 g/mol. The first-order chi connectivity index (χ1) is 16.1. The normalized spacial score (nSPS) is 14.2. The Hall–Kier alpha value is -3.27. The lowest BCUT2D eigenvalue weighted by Gasteiger charge is -2.36. The van der Waals surface area contributed by atoms with E-state index in [1.165, 1.54) is 6.07 Å².